The number of halogens is 5. The van der Waals surface area contributed by atoms with Gasteiger partial charge in [0.2, 0.25) is 5.82 Å². The van der Waals surface area contributed by atoms with E-state index < -0.39 is 24.0 Å². The molecule has 1 unspecified atom stereocenters. The molecule has 1 aromatic carbocycles. The fraction of sp³-hybridized carbons (Fsp3) is 0.517. The number of hydrogen-bond donors (Lipinski definition) is 1. The molecule has 3 aromatic rings. The molecule has 12 heteroatoms. The summed E-state index contributed by atoms with van der Waals surface area (Å²) in [4.78, 5) is 26.8. The van der Waals surface area contributed by atoms with E-state index in [1.54, 1.807) is 17.0 Å². The van der Waals surface area contributed by atoms with Crippen LogP contribution in [0.15, 0.2) is 42.7 Å². The number of nitrogens with zero attached hydrogens (tertiary/aromatic N) is 4. The molecule has 0 spiro atoms. The summed E-state index contributed by atoms with van der Waals surface area (Å²) in [6.45, 7) is 2.42. The molecule has 1 atom stereocenters. The van der Waals surface area contributed by atoms with Crippen LogP contribution in [0.5, 0.6) is 0 Å². The van der Waals surface area contributed by atoms with Gasteiger partial charge in [-0.15, -0.1) is 0 Å². The van der Waals surface area contributed by atoms with Crippen molar-refractivity contribution in [2.24, 2.45) is 5.92 Å². The Kier molecular flexibility index (Phi) is 8.79. The molecule has 0 saturated carbocycles. The number of hydrogen-bond acceptors (Lipinski definition) is 7. The van der Waals surface area contributed by atoms with Gasteiger partial charge >= 0.3 is 6.18 Å². The summed E-state index contributed by atoms with van der Waals surface area (Å²) >= 11 is 0. The Bertz CT molecular complexity index is 1340. The Hall–Kier alpha value is -3.25. The lowest BCUT2D eigenvalue weighted by Crippen LogP contribution is -2.41. The molecule has 220 valence electrons. The van der Waals surface area contributed by atoms with Gasteiger partial charge in [-0.2, -0.15) is 13.2 Å². The number of likely N-dealkylation sites (tertiary alicyclic amines) is 1. The van der Waals surface area contributed by atoms with Crippen molar-refractivity contribution in [2.75, 3.05) is 38.2 Å². The third-order valence-electron chi connectivity index (χ3n) is 7.87. The van der Waals surface area contributed by atoms with Gasteiger partial charge in [0.1, 0.15) is 5.82 Å². The molecule has 4 heterocycles. The second kappa shape index (κ2) is 12.3. The molecule has 5 rings (SSSR count). The van der Waals surface area contributed by atoms with E-state index in [9.17, 15) is 26.7 Å². The molecular weight excluding hydrogens is 545 g/mol. The van der Waals surface area contributed by atoms with Crippen LogP contribution in [0.2, 0.25) is 0 Å². The first-order chi connectivity index (χ1) is 19.6. The summed E-state index contributed by atoms with van der Waals surface area (Å²) in [6.07, 6.45) is -0.993. The maximum absolute atomic E-state index is 13.8. The minimum absolute atomic E-state index is 0.0503. The molecule has 2 aliphatic rings. The largest absolute Gasteiger partial charge is 0.451 e. The van der Waals surface area contributed by atoms with Crippen molar-refractivity contribution in [2.45, 2.75) is 56.7 Å². The average molecular weight is 578 g/mol. The van der Waals surface area contributed by atoms with E-state index in [0.717, 1.165) is 50.8 Å². The molecule has 1 N–H and O–H groups in total. The zero-order chi connectivity index (χ0) is 29.0. The summed E-state index contributed by atoms with van der Waals surface area (Å²) < 4.78 is 72.1. The van der Waals surface area contributed by atoms with Gasteiger partial charge in [-0.1, -0.05) is 12.1 Å². The van der Waals surface area contributed by atoms with E-state index in [4.69, 9.17) is 4.74 Å². The Morgan fingerprint density at radius 3 is 2.46 bits per heavy atom. The average Bonchev–Trinajstić information content (AvgIpc) is 2.96. The number of carbonyl (C=O) groups excluding carboxylic acids is 1. The summed E-state index contributed by atoms with van der Waals surface area (Å²) in [5, 5.41) is 4.07. The van der Waals surface area contributed by atoms with Crippen LogP contribution in [0.25, 0.3) is 10.9 Å². The van der Waals surface area contributed by atoms with Crippen LogP contribution in [-0.4, -0.2) is 64.4 Å². The standard InChI is InChI=1S/C29H32F5N5O2/c30-28(31)10-12-39(13-11-28)24(20-17-36-27(37-18-20)29(32,33)34)5-6-25(40)22-2-1-3-23-21(22)4-7-26(38-23)35-16-19-8-14-41-15-9-19/h1-4,7,17-19,24H,5-6,8-16H2,(H,35,38). The Morgan fingerprint density at radius 1 is 1.07 bits per heavy atom. The fourth-order valence-electron chi connectivity index (χ4n) is 5.48. The van der Waals surface area contributed by atoms with Crippen molar-refractivity contribution >= 4 is 22.5 Å². The van der Waals surface area contributed by atoms with E-state index in [1.807, 2.05) is 18.2 Å². The summed E-state index contributed by atoms with van der Waals surface area (Å²) in [5.41, 5.74) is 1.51. The van der Waals surface area contributed by atoms with E-state index in [1.165, 1.54) is 0 Å². The monoisotopic (exact) mass is 577 g/mol. The highest BCUT2D eigenvalue weighted by Crippen LogP contribution is 2.35. The summed E-state index contributed by atoms with van der Waals surface area (Å²) in [6, 6.07) is 8.44. The number of piperidine rings is 1. The number of fused-ring (bicyclic) bond motifs is 1. The number of carbonyl (C=O) groups is 1. The molecular formula is C29H32F5N5O2. The highest BCUT2D eigenvalue weighted by Gasteiger charge is 2.38. The molecule has 2 saturated heterocycles. The Balaban J connectivity index is 1.30. The van der Waals surface area contributed by atoms with Gasteiger partial charge in [0.15, 0.2) is 5.78 Å². The maximum Gasteiger partial charge on any atom is 0.451 e. The van der Waals surface area contributed by atoms with Crippen LogP contribution in [0, 0.1) is 5.92 Å². The van der Waals surface area contributed by atoms with Gasteiger partial charge < -0.3 is 10.1 Å². The predicted octanol–water partition coefficient (Wildman–Crippen LogP) is 6.32. The lowest BCUT2D eigenvalue weighted by atomic mass is 9.94. The van der Waals surface area contributed by atoms with Crippen LogP contribution >= 0.6 is 0 Å². The maximum atomic E-state index is 13.8. The number of pyridine rings is 1. The number of ketones is 1. The molecule has 2 aromatic heterocycles. The summed E-state index contributed by atoms with van der Waals surface area (Å²) in [5.74, 6) is -2.99. The molecule has 2 aliphatic heterocycles. The van der Waals surface area contributed by atoms with Gasteiger partial charge in [0, 0.05) is 87.1 Å². The Labute approximate surface area is 234 Å². The molecule has 0 aliphatic carbocycles. The Morgan fingerprint density at radius 2 is 1.78 bits per heavy atom. The highest BCUT2D eigenvalue weighted by molar-refractivity contribution is 6.07. The van der Waals surface area contributed by atoms with Crippen LogP contribution in [0.3, 0.4) is 0 Å². The fourth-order valence-corrected chi connectivity index (χ4v) is 5.48. The molecule has 0 amide bonds. The van der Waals surface area contributed by atoms with Crippen molar-refractivity contribution in [1.29, 1.82) is 0 Å². The smallest absolute Gasteiger partial charge is 0.381 e. The lowest BCUT2D eigenvalue weighted by molar-refractivity contribution is -0.145. The van der Waals surface area contributed by atoms with Gasteiger partial charge in [-0.05, 0) is 43.4 Å². The van der Waals surface area contributed by atoms with E-state index in [0.29, 0.717) is 27.9 Å². The topological polar surface area (TPSA) is 80.2 Å². The van der Waals surface area contributed by atoms with Crippen LogP contribution < -0.4 is 5.32 Å². The molecule has 7 nitrogen and oxygen atoms in total. The zero-order valence-electron chi connectivity index (χ0n) is 22.5. The van der Waals surface area contributed by atoms with Gasteiger partial charge in [-0.3, -0.25) is 9.69 Å². The second-order valence-corrected chi connectivity index (χ2v) is 10.7. The van der Waals surface area contributed by atoms with Crippen LogP contribution in [-0.2, 0) is 10.9 Å². The predicted molar refractivity (Wildman–Crippen MR) is 143 cm³/mol. The molecule has 2 fully saturated rings. The van der Waals surface area contributed by atoms with Crippen LogP contribution in [0.4, 0.5) is 27.8 Å². The van der Waals surface area contributed by atoms with Crippen molar-refractivity contribution in [1.82, 2.24) is 19.9 Å². The number of nitrogens with one attached hydrogen (secondary N) is 1. The number of alkyl halides is 5. The number of anilines is 1. The normalized spacial score (nSPS) is 19.2. The highest BCUT2D eigenvalue weighted by atomic mass is 19.4. The molecule has 0 radical (unpaired) electrons. The number of aromatic nitrogens is 3. The number of rotatable bonds is 9. The minimum atomic E-state index is -4.69. The van der Waals surface area contributed by atoms with Crippen molar-refractivity contribution in [3.05, 3.63) is 59.7 Å². The zero-order valence-corrected chi connectivity index (χ0v) is 22.5. The number of benzene rings is 1. The van der Waals surface area contributed by atoms with E-state index in [2.05, 4.69) is 20.3 Å². The first kappa shape index (κ1) is 29.2. The quantitative estimate of drug-likeness (QED) is 0.236. The van der Waals surface area contributed by atoms with Gasteiger partial charge in [-0.25, -0.2) is 23.7 Å². The first-order valence-corrected chi connectivity index (χ1v) is 13.8. The van der Waals surface area contributed by atoms with Crippen LogP contribution in [0.1, 0.15) is 66.3 Å². The van der Waals surface area contributed by atoms with E-state index >= 15 is 0 Å². The first-order valence-electron chi connectivity index (χ1n) is 13.8. The number of ether oxygens (including phenoxy) is 1. The molecule has 41 heavy (non-hydrogen) atoms. The third-order valence-corrected chi connectivity index (χ3v) is 7.87. The second-order valence-electron chi connectivity index (χ2n) is 10.7. The van der Waals surface area contributed by atoms with Crippen molar-refractivity contribution in [3.8, 4) is 0 Å². The summed E-state index contributed by atoms with van der Waals surface area (Å²) in [7, 11) is 0. The number of Topliss-reactive ketones (excluding diaryl/α,β-unsaturated/α-hetero) is 1. The van der Waals surface area contributed by atoms with Crippen molar-refractivity contribution in [3.63, 3.8) is 0 Å². The lowest BCUT2D eigenvalue weighted by Gasteiger charge is -2.37. The van der Waals surface area contributed by atoms with Gasteiger partial charge in [0.25, 0.3) is 5.92 Å². The van der Waals surface area contributed by atoms with Crippen molar-refractivity contribution < 1.29 is 31.5 Å². The minimum Gasteiger partial charge on any atom is -0.381 e. The van der Waals surface area contributed by atoms with E-state index in [-0.39, 0.29) is 44.6 Å². The third kappa shape index (κ3) is 7.34. The molecule has 0 bridgehead atoms. The van der Waals surface area contributed by atoms with Gasteiger partial charge in [0.05, 0.1) is 5.52 Å². The SMILES string of the molecule is O=C(CCC(c1cnc(C(F)(F)F)nc1)N1CCC(F)(F)CC1)c1cccc2nc(NCC3CCOCC3)ccc12.